The molecular weight excluding hydrogens is 613 g/mol. The van der Waals surface area contributed by atoms with Gasteiger partial charge in [-0.3, -0.25) is 14.5 Å². The fourth-order valence-corrected chi connectivity index (χ4v) is 7.74. The molecule has 9 heteroatoms. The first kappa shape index (κ1) is 31.4. The molecule has 0 saturated heterocycles. The van der Waals surface area contributed by atoms with Gasteiger partial charge in [0.15, 0.2) is 0 Å². The summed E-state index contributed by atoms with van der Waals surface area (Å²) in [4.78, 5) is 36.7. The number of amides is 2. The molecule has 0 bridgehead atoms. The van der Waals surface area contributed by atoms with Crippen LogP contribution in [0.25, 0.3) is 10.8 Å². The largest absolute Gasteiger partial charge is 0.506 e. The number of fused-ring (bicyclic) bond motifs is 3. The molecule has 6 rings (SSSR count). The molecule has 0 aromatic heterocycles. The minimum atomic E-state index is -0.447. The number of anilines is 5. The number of hydrogen-bond acceptors (Lipinski definition) is 7. The molecule has 234 valence electrons. The first-order valence-electron chi connectivity index (χ1n) is 15.2. The third kappa shape index (κ3) is 5.88. The molecule has 0 aliphatic carbocycles. The van der Waals surface area contributed by atoms with E-state index < -0.39 is 5.91 Å². The molecule has 5 aromatic carbocycles. The van der Waals surface area contributed by atoms with Gasteiger partial charge in [0.05, 0.1) is 16.9 Å². The third-order valence-corrected chi connectivity index (χ3v) is 10.2. The maximum Gasteiger partial charge on any atom is 0.295 e. The molecule has 1 aliphatic heterocycles. The molecule has 0 spiro atoms. The number of benzene rings is 5. The van der Waals surface area contributed by atoms with Gasteiger partial charge in [-0.15, -0.1) is 0 Å². The lowest BCUT2D eigenvalue weighted by Crippen LogP contribution is -2.26. The number of para-hydroxylation sites is 1. The van der Waals surface area contributed by atoms with E-state index in [1.807, 2.05) is 81.7 Å². The van der Waals surface area contributed by atoms with E-state index in [0.717, 1.165) is 63.0 Å². The lowest BCUT2D eigenvalue weighted by Gasteiger charge is -2.33. The van der Waals surface area contributed by atoms with Crippen molar-refractivity contribution >= 4 is 73.9 Å². The number of nitrogens with zero attached hydrogens (tertiary/aromatic N) is 3. The van der Waals surface area contributed by atoms with Crippen LogP contribution in [0, 0.1) is 6.92 Å². The number of carbonyl (C=O) groups excluding carboxylic acids is 2. The monoisotopic (exact) mass is 648 g/mol. The van der Waals surface area contributed by atoms with Gasteiger partial charge in [0.2, 0.25) is 0 Å². The van der Waals surface area contributed by atoms with Gasteiger partial charge in [-0.25, -0.2) is 0 Å². The molecule has 46 heavy (non-hydrogen) atoms. The van der Waals surface area contributed by atoms with Crippen LogP contribution in [0.5, 0.6) is 5.75 Å². The van der Waals surface area contributed by atoms with Crippen LogP contribution in [0.4, 0.5) is 33.2 Å². The van der Waals surface area contributed by atoms with E-state index in [1.54, 1.807) is 28.8 Å². The van der Waals surface area contributed by atoms with E-state index in [9.17, 15) is 14.7 Å². The first-order valence-corrected chi connectivity index (χ1v) is 16.8. The second-order valence-electron chi connectivity index (χ2n) is 11.3. The first-order chi connectivity index (χ1) is 22.2. The molecule has 0 saturated carbocycles. The molecule has 0 unspecified atom stereocenters. The Morgan fingerprint density at radius 1 is 0.826 bits per heavy atom. The van der Waals surface area contributed by atoms with Crippen LogP contribution in [-0.4, -0.2) is 43.4 Å². The van der Waals surface area contributed by atoms with E-state index in [1.165, 1.54) is 0 Å². The van der Waals surface area contributed by atoms with Crippen molar-refractivity contribution in [2.24, 2.45) is 0 Å². The number of carbonyl (C=O) groups is 2. The number of aryl methyl sites for hydroxylation is 1. The second-order valence-corrected chi connectivity index (χ2v) is 13.3. The van der Waals surface area contributed by atoms with Gasteiger partial charge >= 0.3 is 0 Å². The Morgan fingerprint density at radius 3 is 2.09 bits per heavy atom. The number of hydrogen-bond donors (Lipinski definition) is 2. The van der Waals surface area contributed by atoms with Crippen molar-refractivity contribution in [1.29, 1.82) is 0 Å². The summed E-state index contributed by atoms with van der Waals surface area (Å²) in [7, 11) is 4.01. The molecule has 1 aliphatic rings. The molecule has 1 heterocycles. The molecular formula is C37H36N4O3S2. The van der Waals surface area contributed by atoms with E-state index in [4.69, 9.17) is 0 Å². The maximum absolute atomic E-state index is 14.5. The molecule has 0 atom stereocenters. The van der Waals surface area contributed by atoms with E-state index in [-0.39, 0.29) is 16.6 Å². The Morgan fingerprint density at radius 2 is 1.43 bits per heavy atom. The molecule has 7 nitrogen and oxygen atoms in total. The molecule has 2 N–H and O–H groups in total. The predicted octanol–water partition coefficient (Wildman–Crippen LogP) is 9.53. The van der Waals surface area contributed by atoms with Gasteiger partial charge in [0.25, 0.3) is 11.1 Å². The highest BCUT2D eigenvalue weighted by atomic mass is 32.2. The van der Waals surface area contributed by atoms with Crippen molar-refractivity contribution in [1.82, 2.24) is 0 Å². The predicted molar refractivity (Wildman–Crippen MR) is 193 cm³/mol. The van der Waals surface area contributed by atoms with Gasteiger partial charge in [-0.1, -0.05) is 54.2 Å². The summed E-state index contributed by atoms with van der Waals surface area (Å²) in [5.74, 6) is -0.569. The number of aromatic hydroxyl groups is 1. The van der Waals surface area contributed by atoms with Crippen molar-refractivity contribution in [2.75, 3.05) is 47.2 Å². The van der Waals surface area contributed by atoms with Crippen LogP contribution in [-0.2, 0) is 0 Å². The number of phenolic OH excluding ortho intramolecular Hbond substituents is 1. The van der Waals surface area contributed by atoms with E-state index in [0.29, 0.717) is 21.4 Å². The smallest absolute Gasteiger partial charge is 0.295 e. The fraction of sp³-hybridized carbons (Fsp3) is 0.189. The average Bonchev–Trinajstić information content (AvgIpc) is 3.06. The highest BCUT2D eigenvalue weighted by molar-refractivity contribution is 8.14. The number of phenols is 1. The summed E-state index contributed by atoms with van der Waals surface area (Å²) in [6, 6.07) is 28.8. The lowest BCUT2D eigenvalue weighted by molar-refractivity contribution is 0.102. The quantitative estimate of drug-likeness (QED) is 0.170. The van der Waals surface area contributed by atoms with Crippen molar-refractivity contribution in [3.05, 3.63) is 102 Å². The normalized spacial score (nSPS) is 12.0. The summed E-state index contributed by atoms with van der Waals surface area (Å²) >= 11 is 2.72. The van der Waals surface area contributed by atoms with Gasteiger partial charge in [-0.2, -0.15) is 0 Å². The SMILES string of the molecule is CCN(CC)c1ccc2c(c1)Sc1cc(N(C)C)ccc1N2C(=O)Sc1cc(C(=O)Nc2ccccc2C)c(O)c2ccccc12. The number of rotatable bonds is 7. The maximum atomic E-state index is 14.5. The fourth-order valence-electron chi connectivity index (χ4n) is 5.67. The molecule has 0 radical (unpaired) electrons. The van der Waals surface area contributed by atoms with Crippen molar-refractivity contribution in [3.63, 3.8) is 0 Å². The van der Waals surface area contributed by atoms with Crippen molar-refractivity contribution in [2.45, 2.75) is 35.5 Å². The van der Waals surface area contributed by atoms with Crippen LogP contribution >= 0.6 is 23.5 Å². The Balaban J connectivity index is 1.43. The molecule has 2 amide bonds. The van der Waals surface area contributed by atoms with Crippen LogP contribution in [0.1, 0.15) is 29.8 Å². The topological polar surface area (TPSA) is 76.1 Å². The zero-order valence-corrected chi connectivity index (χ0v) is 28.1. The van der Waals surface area contributed by atoms with E-state index in [2.05, 4.69) is 47.2 Å². The Kier molecular flexibility index (Phi) is 8.88. The standard InChI is InChI=1S/C37H36N4O3S2/c1-6-40(7-2)25-17-19-31-34(21-25)45-33-20-24(39(4)5)16-18-30(33)41(31)37(44)46-32-22-28(35(42)27-14-10-9-13-26(27)32)36(43)38-29-15-11-8-12-23(29)3/h8-22,42H,6-7H2,1-5H3,(H,38,43). The van der Waals surface area contributed by atoms with Gasteiger partial charge in [0, 0.05) is 64.3 Å². The number of nitrogens with one attached hydrogen (secondary N) is 1. The van der Waals surface area contributed by atoms with Crippen molar-refractivity contribution in [3.8, 4) is 5.75 Å². The van der Waals surface area contributed by atoms with Gasteiger partial charge in [-0.05, 0) is 92.0 Å². The third-order valence-electron chi connectivity index (χ3n) is 8.23. The van der Waals surface area contributed by atoms with Gasteiger partial charge < -0.3 is 20.2 Å². The van der Waals surface area contributed by atoms with Crippen LogP contribution in [0.15, 0.2) is 106 Å². The Bertz CT molecular complexity index is 1970. The lowest BCUT2D eigenvalue weighted by atomic mass is 10.0. The summed E-state index contributed by atoms with van der Waals surface area (Å²) in [5.41, 5.74) is 5.43. The van der Waals surface area contributed by atoms with Gasteiger partial charge in [0.1, 0.15) is 5.75 Å². The van der Waals surface area contributed by atoms with Crippen LogP contribution in [0.2, 0.25) is 0 Å². The molecule has 5 aromatic rings. The summed E-state index contributed by atoms with van der Waals surface area (Å²) in [6.07, 6.45) is 0. The average molecular weight is 649 g/mol. The summed E-state index contributed by atoms with van der Waals surface area (Å²) < 4.78 is 0. The minimum absolute atomic E-state index is 0.103. The van der Waals surface area contributed by atoms with Crippen molar-refractivity contribution < 1.29 is 14.7 Å². The minimum Gasteiger partial charge on any atom is -0.506 e. The highest BCUT2D eigenvalue weighted by Gasteiger charge is 2.31. The van der Waals surface area contributed by atoms with Crippen LogP contribution in [0.3, 0.4) is 0 Å². The summed E-state index contributed by atoms with van der Waals surface area (Å²) in [6.45, 7) is 7.95. The zero-order valence-electron chi connectivity index (χ0n) is 26.5. The Hall–Kier alpha value is -4.60. The number of thioether (sulfide) groups is 1. The molecule has 0 fully saturated rings. The highest BCUT2D eigenvalue weighted by Crippen LogP contribution is 2.52. The van der Waals surface area contributed by atoms with E-state index >= 15 is 0 Å². The van der Waals surface area contributed by atoms with Crippen LogP contribution < -0.4 is 20.0 Å². The second kappa shape index (κ2) is 13.0. The Labute approximate surface area is 278 Å². The summed E-state index contributed by atoms with van der Waals surface area (Å²) in [5, 5.41) is 15.2. The zero-order chi connectivity index (χ0) is 32.5.